The molecule has 1 amide bonds. The predicted molar refractivity (Wildman–Crippen MR) is 101 cm³/mol. The Labute approximate surface area is 144 Å². The molecule has 0 radical (unpaired) electrons. The summed E-state index contributed by atoms with van der Waals surface area (Å²) >= 11 is 0. The number of hydrogen-bond donors (Lipinski definition) is 1. The molecule has 0 bridgehead atoms. The lowest BCUT2D eigenvalue weighted by atomic mass is 9.95. The number of rotatable bonds is 3. The lowest BCUT2D eigenvalue weighted by Crippen LogP contribution is -2.38. The molecule has 0 spiro atoms. The van der Waals surface area contributed by atoms with Crippen LogP contribution in [0.1, 0.15) is 29.5 Å². The van der Waals surface area contributed by atoms with Gasteiger partial charge >= 0.3 is 0 Å². The van der Waals surface area contributed by atoms with Crippen LogP contribution in [0.5, 0.6) is 0 Å². The van der Waals surface area contributed by atoms with Crippen LogP contribution < -0.4 is 10.2 Å². The monoisotopic (exact) mass is 322 g/mol. The number of nitrogens with zero attached hydrogens (tertiary/aromatic N) is 1. The largest absolute Gasteiger partial charge is 0.371 e. The molecule has 1 saturated heterocycles. The summed E-state index contributed by atoms with van der Waals surface area (Å²) in [6.45, 7) is 8.12. The van der Waals surface area contributed by atoms with Crippen LogP contribution in [0.2, 0.25) is 0 Å². The maximum atomic E-state index is 12.6. The van der Waals surface area contributed by atoms with Crippen LogP contribution in [0, 0.1) is 26.7 Å². The normalized spacial score (nSPS) is 15.4. The molecule has 1 fully saturated rings. The Hall–Kier alpha value is -2.29. The van der Waals surface area contributed by atoms with Gasteiger partial charge in [0.05, 0.1) is 0 Å². The molecule has 3 heteroatoms. The summed E-state index contributed by atoms with van der Waals surface area (Å²) in [5, 5.41) is 3.13. The van der Waals surface area contributed by atoms with E-state index >= 15 is 0 Å². The quantitative estimate of drug-likeness (QED) is 0.904. The topological polar surface area (TPSA) is 32.3 Å². The standard InChI is InChI=1S/C21H26N2O/c1-15-7-9-19(10-8-15)23-13-11-18(12-14-23)21(24)22-20-6-4-5-16(2)17(20)3/h4-10,18H,11-14H2,1-3H3,(H,22,24). The number of nitrogens with one attached hydrogen (secondary N) is 1. The molecule has 126 valence electrons. The van der Waals surface area contributed by atoms with Crippen molar-refractivity contribution >= 4 is 17.3 Å². The molecule has 0 aliphatic carbocycles. The summed E-state index contributed by atoms with van der Waals surface area (Å²) < 4.78 is 0. The van der Waals surface area contributed by atoms with E-state index in [1.54, 1.807) is 0 Å². The predicted octanol–water partition coefficient (Wildman–Crippen LogP) is 4.47. The third kappa shape index (κ3) is 3.61. The Morgan fingerprint density at radius 2 is 1.67 bits per heavy atom. The molecule has 1 aliphatic rings. The fourth-order valence-electron chi connectivity index (χ4n) is 3.28. The first kappa shape index (κ1) is 16.6. The average molecular weight is 322 g/mol. The highest BCUT2D eigenvalue weighted by Crippen LogP contribution is 2.25. The highest BCUT2D eigenvalue weighted by Gasteiger charge is 2.25. The third-order valence-electron chi connectivity index (χ3n) is 5.13. The summed E-state index contributed by atoms with van der Waals surface area (Å²) in [6.07, 6.45) is 1.81. The van der Waals surface area contributed by atoms with Crippen LogP contribution in [0.25, 0.3) is 0 Å². The average Bonchev–Trinajstić information content (AvgIpc) is 2.60. The molecule has 1 N–H and O–H groups in total. The molecule has 3 rings (SSSR count). The molecule has 0 aromatic heterocycles. The summed E-state index contributed by atoms with van der Waals surface area (Å²) in [5.41, 5.74) is 5.85. The van der Waals surface area contributed by atoms with Crippen LogP contribution in [-0.4, -0.2) is 19.0 Å². The fraction of sp³-hybridized carbons (Fsp3) is 0.381. The van der Waals surface area contributed by atoms with E-state index in [0.29, 0.717) is 0 Å². The molecular formula is C21H26N2O. The Morgan fingerprint density at radius 3 is 2.33 bits per heavy atom. The molecular weight excluding hydrogens is 296 g/mol. The van der Waals surface area contributed by atoms with Crippen molar-refractivity contribution in [3.8, 4) is 0 Å². The number of amides is 1. The van der Waals surface area contributed by atoms with E-state index in [1.165, 1.54) is 16.8 Å². The van der Waals surface area contributed by atoms with Gasteiger partial charge in [-0.3, -0.25) is 4.79 Å². The van der Waals surface area contributed by atoms with Crippen molar-refractivity contribution in [3.05, 3.63) is 59.2 Å². The second kappa shape index (κ2) is 7.08. The van der Waals surface area contributed by atoms with E-state index in [1.807, 2.05) is 12.1 Å². The van der Waals surface area contributed by atoms with E-state index in [-0.39, 0.29) is 11.8 Å². The molecule has 2 aromatic carbocycles. The van der Waals surface area contributed by atoms with E-state index < -0.39 is 0 Å². The van der Waals surface area contributed by atoms with Gasteiger partial charge in [0, 0.05) is 30.4 Å². The van der Waals surface area contributed by atoms with Crippen molar-refractivity contribution in [2.75, 3.05) is 23.3 Å². The van der Waals surface area contributed by atoms with Crippen LogP contribution >= 0.6 is 0 Å². The van der Waals surface area contributed by atoms with Crippen LogP contribution in [0.3, 0.4) is 0 Å². The minimum absolute atomic E-state index is 0.103. The lowest BCUT2D eigenvalue weighted by Gasteiger charge is -2.33. The Morgan fingerprint density at radius 1 is 1.00 bits per heavy atom. The number of hydrogen-bond acceptors (Lipinski definition) is 2. The van der Waals surface area contributed by atoms with Gasteiger partial charge in [0.25, 0.3) is 0 Å². The molecule has 1 heterocycles. The Balaban J connectivity index is 1.59. The molecule has 2 aromatic rings. The van der Waals surface area contributed by atoms with Gasteiger partial charge in [-0.05, 0) is 62.9 Å². The zero-order valence-electron chi connectivity index (χ0n) is 14.8. The fourth-order valence-corrected chi connectivity index (χ4v) is 3.28. The summed E-state index contributed by atoms with van der Waals surface area (Å²) in [7, 11) is 0. The number of anilines is 2. The second-order valence-electron chi connectivity index (χ2n) is 6.83. The van der Waals surface area contributed by atoms with Crippen molar-refractivity contribution in [1.29, 1.82) is 0 Å². The van der Waals surface area contributed by atoms with Gasteiger partial charge in [0.15, 0.2) is 0 Å². The minimum Gasteiger partial charge on any atom is -0.371 e. The maximum Gasteiger partial charge on any atom is 0.227 e. The maximum absolute atomic E-state index is 12.6. The highest BCUT2D eigenvalue weighted by atomic mass is 16.1. The number of benzene rings is 2. The summed E-state index contributed by atoms with van der Waals surface area (Å²) in [6, 6.07) is 14.7. The van der Waals surface area contributed by atoms with Crippen LogP contribution in [-0.2, 0) is 4.79 Å². The first-order valence-electron chi connectivity index (χ1n) is 8.73. The van der Waals surface area contributed by atoms with Crippen molar-refractivity contribution < 1.29 is 4.79 Å². The van der Waals surface area contributed by atoms with Gasteiger partial charge in [-0.15, -0.1) is 0 Å². The first-order chi connectivity index (χ1) is 11.5. The lowest BCUT2D eigenvalue weighted by molar-refractivity contribution is -0.120. The van der Waals surface area contributed by atoms with E-state index in [2.05, 4.69) is 61.3 Å². The molecule has 0 saturated carbocycles. The van der Waals surface area contributed by atoms with E-state index in [9.17, 15) is 4.79 Å². The number of carbonyl (C=O) groups excluding carboxylic acids is 1. The molecule has 0 atom stereocenters. The summed E-state index contributed by atoms with van der Waals surface area (Å²) in [5.74, 6) is 0.263. The second-order valence-corrected chi connectivity index (χ2v) is 6.83. The van der Waals surface area contributed by atoms with Gasteiger partial charge < -0.3 is 10.2 Å². The van der Waals surface area contributed by atoms with Crippen molar-refractivity contribution in [1.82, 2.24) is 0 Å². The molecule has 0 unspecified atom stereocenters. The van der Waals surface area contributed by atoms with Crippen LogP contribution in [0.4, 0.5) is 11.4 Å². The van der Waals surface area contributed by atoms with Crippen molar-refractivity contribution in [2.45, 2.75) is 33.6 Å². The van der Waals surface area contributed by atoms with E-state index in [4.69, 9.17) is 0 Å². The van der Waals surface area contributed by atoms with Gasteiger partial charge in [-0.2, -0.15) is 0 Å². The SMILES string of the molecule is Cc1ccc(N2CCC(C(=O)Nc3cccc(C)c3C)CC2)cc1. The highest BCUT2D eigenvalue weighted by molar-refractivity contribution is 5.93. The van der Waals surface area contributed by atoms with Crippen molar-refractivity contribution in [2.24, 2.45) is 5.92 Å². The number of carbonyl (C=O) groups is 1. The minimum atomic E-state index is 0.103. The van der Waals surface area contributed by atoms with Gasteiger partial charge in [0.1, 0.15) is 0 Å². The van der Waals surface area contributed by atoms with Gasteiger partial charge in [-0.25, -0.2) is 0 Å². The van der Waals surface area contributed by atoms with Gasteiger partial charge in [0.2, 0.25) is 5.91 Å². The van der Waals surface area contributed by atoms with Crippen molar-refractivity contribution in [3.63, 3.8) is 0 Å². The smallest absolute Gasteiger partial charge is 0.227 e. The van der Waals surface area contributed by atoms with Crippen LogP contribution in [0.15, 0.2) is 42.5 Å². The molecule has 24 heavy (non-hydrogen) atoms. The zero-order valence-corrected chi connectivity index (χ0v) is 14.8. The van der Waals surface area contributed by atoms with Gasteiger partial charge in [-0.1, -0.05) is 29.8 Å². The Kier molecular flexibility index (Phi) is 4.89. The Bertz CT molecular complexity index is 713. The molecule has 1 aliphatic heterocycles. The summed E-state index contributed by atoms with van der Waals surface area (Å²) in [4.78, 5) is 15.0. The number of piperidine rings is 1. The first-order valence-corrected chi connectivity index (χ1v) is 8.73. The molecule has 3 nitrogen and oxygen atoms in total. The third-order valence-corrected chi connectivity index (χ3v) is 5.13. The zero-order chi connectivity index (χ0) is 17.1. The number of aryl methyl sites for hydroxylation is 2. The van der Waals surface area contributed by atoms with E-state index in [0.717, 1.165) is 37.2 Å².